The number of hydrogen-bond donors (Lipinski definition) is 1. The van der Waals surface area contributed by atoms with E-state index in [0.29, 0.717) is 36.3 Å². The normalized spacial score (nSPS) is 29.7. The minimum Gasteiger partial charge on any atom is -0.378 e. The van der Waals surface area contributed by atoms with Crippen LogP contribution in [0.3, 0.4) is 0 Å². The predicted octanol–water partition coefficient (Wildman–Crippen LogP) is 3.63. The molecule has 1 aliphatic heterocycles. The molecule has 25 heavy (non-hydrogen) atoms. The largest absolute Gasteiger partial charge is 0.378 e. The van der Waals surface area contributed by atoms with Crippen LogP contribution in [0, 0.1) is 17.3 Å². The number of rotatable bonds is 6. The number of amides is 1. The molecule has 3 aliphatic rings. The summed E-state index contributed by atoms with van der Waals surface area (Å²) in [5.41, 5.74) is 0.262. The topological polar surface area (TPSA) is 41.6 Å². The van der Waals surface area contributed by atoms with Gasteiger partial charge in [-0.25, -0.2) is 0 Å². The Labute approximate surface area is 159 Å². The molecule has 1 saturated heterocycles. The molecular formula is C20H37ClN2O2. The molecule has 2 aliphatic carbocycles. The van der Waals surface area contributed by atoms with Gasteiger partial charge in [-0.15, -0.1) is 12.4 Å². The van der Waals surface area contributed by atoms with Crippen molar-refractivity contribution in [2.24, 2.45) is 17.3 Å². The molecule has 1 N–H and O–H groups in total. The van der Waals surface area contributed by atoms with E-state index in [1.165, 1.54) is 38.5 Å². The number of piperidine rings is 1. The molecule has 0 aromatic carbocycles. The second-order valence-electron chi connectivity index (χ2n) is 8.41. The third-order valence-corrected chi connectivity index (χ3v) is 7.19. The monoisotopic (exact) mass is 372 g/mol. The highest BCUT2D eigenvalue weighted by Gasteiger charge is 2.58. The number of carbonyl (C=O) groups is 1. The van der Waals surface area contributed by atoms with Crippen molar-refractivity contribution in [2.45, 2.75) is 77.4 Å². The maximum absolute atomic E-state index is 12.9. The smallest absolute Gasteiger partial charge is 0.222 e. The van der Waals surface area contributed by atoms with Crippen LogP contribution < -0.4 is 5.32 Å². The lowest BCUT2D eigenvalue weighted by molar-refractivity contribution is -0.173. The summed E-state index contributed by atoms with van der Waals surface area (Å²) < 4.78 is 6.01. The predicted molar refractivity (Wildman–Crippen MR) is 104 cm³/mol. The zero-order chi connectivity index (χ0) is 17.2. The molecule has 0 bridgehead atoms. The van der Waals surface area contributed by atoms with E-state index >= 15 is 0 Å². The lowest BCUT2D eigenvalue weighted by Gasteiger charge is -2.57. The van der Waals surface area contributed by atoms with Gasteiger partial charge in [-0.2, -0.15) is 0 Å². The fourth-order valence-corrected chi connectivity index (χ4v) is 5.57. The summed E-state index contributed by atoms with van der Waals surface area (Å²) in [6.07, 6.45) is 9.65. The van der Waals surface area contributed by atoms with Gasteiger partial charge in [-0.05, 0) is 64.0 Å². The minimum atomic E-state index is 0. The fourth-order valence-electron chi connectivity index (χ4n) is 5.57. The lowest BCUT2D eigenvalue weighted by Crippen LogP contribution is -2.64. The standard InChI is InChI=1S/C20H36N2O2.ClH/c1-4-24-18-14-17(20(18)9-5-6-10-20)22(3)19(23)13-15(2)16-7-11-21-12-8-16;/h15-18,21H,4-14H2,1-3H3;1H. The first kappa shape index (κ1) is 21.0. The van der Waals surface area contributed by atoms with Crippen LogP contribution in [0.2, 0.25) is 0 Å². The van der Waals surface area contributed by atoms with Gasteiger partial charge in [0.1, 0.15) is 0 Å². The molecule has 3 atom stereocenters. The third kappa shape index (κ3) is 4.17. The van der Waals surface area contributed by atoms with Crippen molar-refractivity contribution in [2.75, 3.05) is 26.7 Å². The number of carbonyl (C=O) groups excluding carboxylic acids is 1. The summed E-state index contributed by atoms with van der Waals surface area (Å²) in [6, 6.07) is 0.407. The molecule has 1 spiro atoms. The Morgan fingerprint density at radius 3 is 2.52 bits per heavy atom. The molecule has 1 amide bonds. The molecule has 3 unspecified atom stereocenters. The first-order valence-electron chi connectivity index (χ1n) is 10.2. The first-order chi connectivity index (χ1) is 11.6. The van der Waals surface area contributed by atoms with Gasteiger partial charge in [-0.1, -0.05) is 19.8 Å². The summed E-state index contributed by atoms with van der Waals surface area (Å²) in [6.45, 7) is 7.38. The summed E-state index contributed by atoms with van der Waals surface area (Å²) in [5.74, 6) is 1.57. The van der Waals surface area contributed by atoms with Crippen LogP contribution in [0.5, 0.6) is 0 Å². The molecule has 0 aromatic rings. The maximum atomic E-state index is 12.9. The molecule has 0 radical (unpaired) electrons. The quantitative estimate of drug-likeness (QED) is 0.774. The average molecular weight is 373 g/mol. The molecule has 2 saturated carbocycles. The maximum Gasteiger partial charge on any atom is 0.222 e. The summed E-state index contributed by atoms with van der Waals surface area (Å²) in [5, 5.41) is 3.42. The fraction of sp³-hybridized carbons (Fsp3) is 0.950. The van der Waals surface area contributed by atoms with E-state index in [4.69, 9.17) is 4.74 Å². The van der Waals surface area contributed by atoms with Gasteiger partial charge in [0.2, 0.25) is 5.91 Å². The molecule has 5 heteroatoms. The Morgan fingerprint density at radius 1 is 1.28 bits per heavy atom. The highest BCUT2D eigenvalue weighted by atomic mass is 35.5. The van der Waals surface area contributed by atoms with Crippen molar-refractivity contribution in [1.29, 1.82) is 0 Å². The Balaban J connectivity index is 0.00000225. The van der Waals surface area contributed by atoms with Crippen LogP contribution in [0.1, 0.15) is 65.2 Å². The van der Waals surface area contributed by atoms with Gasteiger partial charge in [-0.3, -0.25) is 4.79 Å². The minimum absolute atomic E-state index is 0. The first-order valence-corrected chi connectivity index (χ1v) is 10.2. The van der Waals surface area contributed by atoms with Gasteiger partial charge in [0.15, 0.2) is 0 Å². The van der Waals surface area contributed by atoms with Gasteiger partial charge in [0.25, 0.3) is 0 Å². The van der Waals surface area contributed by atoms with Gasteiger partial charge in [0, 0.05) is 31.5 Å². The van der Waals surface area contributed by atoms with Gasteiger partial charge >= 0.3 is 0 Å². The SMILES string of the molecule is CCOC1CC(N(C)C(=O)CC(C)C2CCNCC2)C12CCCC2.Cl. The molecule has 1 heterocycles. The van der Waals surface area contributed by atoms with E-state index in [1.807, 2.05) is 7.05 Å². The number of nitrogens with one attached hydrogen (secondary N) is 1. The second kappa shape index (κ2) is 9.05. The Kier molecular flexibility index (Phi) is 7.60. The van der Waals surface area contributed by atoms with E-state index in [1.54, 1.807) is 0 Å². The van der Waals surface area contributed by atoms with Crippen molar-refractivity contribution < 1.29 is 9.53 Å². The number of nitrogens with zero attached hydrogens (tertiary/aromatic N) is 1. The molecule has 0 aromatic heterocycles. The molecule has 3 fully saturated rings. The summed E-state index contributed by atoms with van der Waals surface area (Å²) in [7, 11) is 2.05. The highest BCUT2D eigenvalue weighted by molar-refractivity contribution is 5.85. The number of hydrogen-bond acceptors (Lipinski definition) is 3. The molecule has 146 valence electrons. The van der Waals surface area contributed by atoms with Crippen LogP contribution in [0.15, 0.2) is 0 Å². The van der Waals surface area contributed by atoms with Crippen molar-refractivity contribution >= 4 is 18.3 Å². The van der Waals surface area contributed by atoms with Crippen LogP contribution in [-0.4, -0.2) is 49.7 Å². The van der Waals surface area contributed by atoms with E-state index in [-0.39, 0.29) is 17.8 Å². The van der Waals surface area contributed by atoms with Crippen molar-refractivity contribution in [1.82, 2.24) is 10.2 Å². The molecule has 4 nitrogen and oxygen atoms in total. The zero-order valence-corrected chi connectivity index (χ0v) is 17.1. The zero-order valence-electron chi connectivity index (χ0n) is 16.3. The summed E-state index contributed by atoms with van der Waals surface area (Å²) >= 11 is 0. The van der Waals surface area contributed by atoms with Gasteiger partial charge in [0.05, 0.1) is 6.10 Å². The van der Waals surface area contributed by atoms with E-state index < -0.39 is 0 Å². The van der Waals surface area contributed by atoms with E-state index in [2.05, 4.69) is 24.1 Å². The number of ether oxygens (including phenoxy) is 1. The van der Waals surface area contributed by atoms with Crippen molar-refractivity contribution in [3.63, 3.8) is 0 Å². The molecular weight excluding hydrogens is 336 g/mol. The lowest BCUT2D eigenvalue weighted by atomic mass is 9.60. The van der Waals surface area contributed by atoms with E-state index in [9.17, 15) is 4.79 Å². The summed E-state index contributed by atoms with van der Waals surface area (Å²) in [4.78, 5) is 15.0. The molecule has 3 rings (SSSR count). The Hall–Kier alpha value is -0.320. The Morgan fingerprint density at radius 2 is 1.92 bits per heavy atom. The van der Waals surface area contributed by atoms with Crippen LogP contribution in [0.25, 0.3) is 0 Å². The number of halogens is 1. The van der Waals surface area contributed by atoms with E-state index in [0.717, 1.165) is 26.1 Å². The third-order valence-electron chi connectivity index (χ3n) is 7.19. The highest BCUT2D eigenvalue weighted by Crippen LogP contribution is 2.56. The van der Waals surface area contributed by atoms with Crippen LogP contribution in [0.4, 0.5) is 0 Å². The second-order valence-corrected chi connectivity index (χ2v) is 8.41. The van der Waals surface area contributed by atoms with Crippen LogP contribution >= 0.6 is 12.4 Å². The Bertz CT molecular complexity index is 433. The van der Waals surface area contributed by atoms with Crippen molar-refractivity contribution in [3.05, 3.63) is 0 Å². The van der Waals surface area contributed by atoms with Crippen molar-refractivity contribution in [3.8, 4) is 0 Å². The average Bonchev–Trinajstić information content (AvgIpc) is 3.11. The van der Waals surface area contributed by atoms with Gasteiger partial charge < -0.3 is 15.0 Å². The van der Waals surface area contributed by atoms with Crippen LogP contribution in [-0.2, 0) is 9.53 Å².